The normalized spacial score (nSPS) is 20.9. The van der Waals surface area contributed by atoms with Crippen LogP contribution in [0.2, 0.25) is 0 Å². The lowest BCUT2D eigenvalue weighted by Crippen LogP contribution is -2.40. The van der Waals surface area contributed by atoms with E-state index in [9.17, 15) is 4.79 Å². The summed E-state index contributed by atoms with van der Waals surface area (Å²) in [5.74, 6) is 0.454. The van der Waals surface area contributed by atoms with Crippen LogP contribution in [0.15, 0.2) is 22.8 Å². The smallest absolute Gasteiger partial charge is 0.289 e. The van der Waals surface area contributed by atoms with E-state index in [2.05, 4.69) is 5.32 Å². The van der Waals surface area contributed by atoms with Crippen LogP contribution in [0.25, 0.3) is 0 Å². The molecule has 1 aliphatic rings. The van der Waals surface area contributed by atoms with Crippen molar-refractivity contribution >= 4 is 5.91 Å². The molecule has 1 amide bonds. The van der Waals surface area contributed by atoms with Gasteiger partial charge in [0.05, 0.1) is 6.26 Å². The van der Waals surface area contributed by atoms with Crippen molar-refractivity contribution in [2.24, 2.45) is 0 Å². The molecule has 2 heterocycles. The van der Waals surface area contributed by atoms with Gasteiger partial charge in [-0.25, -0.2) is 0 Å². The molecule has 1 atom stereocenters. The second kappa shape index (κ2) is 4.49. The molecule has 1 unspecified atom stereocenters. The largest absolute Gasteiger partial charge is 0.459 e. The highest BCUT2D eigenvalue weighted by molar-refractivity contribution is 5.91. The summed E-state index contributed by atoms with van der Waals surface area (Å²) in [6.45, 7) is 1.69. The van der Waals surface area contributed by atoms with Crippen molar-refractivity contribution in [1.82, 2.24) is 10.2 Å². The monoisotopic (exact) mass is 208 g/mol. The molecule has 0 spiro atoms. The average molecular weight is 208 g/mol. The Morgan fingerprint density at radius 2 is 2.60 bits per heavy atom. The molecule has 0 aromatic carbocycles. The first-order valence-corrected chi connectivity index (χ1v) is 5.32. The Labute approximate surface area is 89.2 Å². The number of amides is 1. The van der Waals surface area contributed by atoms with E-state index in [1.165, 1.54) is 6.26 Å². The minimum atomic E-state index is 0.0118. The van der Waals surface area contributed by atoms with Gasteiger partial charge in [0.15, 0.2) is 5.76 Å². The second-order valence-corrected chi connectivity index (χ2v) is 3.83. The predicted molar refractivity (Wildman–Crippen MR) is 56.7 cm³/mol. The van der Waals surface area contributed by atoms with Crippen molar-refractivity contribution in [3.63, 3.8) is 0 Å². The van der Waals surface area contributed by atoms with Crippen molar-refractivity contribution < 1.29 is 9.21 Å². The Bertz CT molecular complexity index is 321. The lowest BCUT2D eigenvalue weighted by atomic mass is 10.2. The first kappa shape index (κ1) is 10.2. The third-order valence-corrected chi connectivity index (χ3v) is 2.81. The van der Waals surface area contributed by atoms with Crippen LogP contribution in [0.3, 0.4) is 0 Å². The number of nitrogens with one attached hydrogen (secondary N) is 1. The number of furan rings is 1. The molecule has 82 valence electrons. The van der Waals surface area contributed by atoms with Gasteiger partial charge in [-0.3, -0.25) is 4.79 Å². The van der Waals surface area contributed by atoms with Gasteiger partial charge in [0, 0.05) is 19.1 Å². The Hall–Kier alpha value is -1.29. The first-order chi connectivity index (χ1) is 7.33. The molecule has 1 saturated heterocycles. The third kappa shape index (κ3) is 2.04. The number of carbonyl (C=O) groups is 1. The maximum Gasteiger partial charge on any atom is 0.289 e. The quantitative estimate of drug-likeness (QED) is 0.809. The van der Waals surface area contributed by atoms with Gasteiger partial charge in [-0.1, -0.05) is 0 Å². The summed E-state index contributed by atoms with van der Waals surface area (Å²) >= 11 is 0. The van der Waals surface area contributed by atoms with Gasteiger partial charge in [0.1, 0.15) is 0 Å². The summed E-state index contributed by atoms with van der Waals surface area (Å²) < 4.78 is 5.12. The van der Waals surface area contributed by atoms with Gasteiger partial charge in [-0.15, -0.1) is 0 Å². The van der Waals surface area contributed by atoms with Crippen LogP contribution in [-0.2, 0) is 0 Å². The highest BCUT2D eigenvalue weighted by Gasteiger charge is 2.29. The molecule has 0 radical (unpaired) electrons. The maximum absolute atomic E-state index is 12.0. The van der Waals surface area contributed by atoms with Gasteiger partial charge in [0.2, 0.25) is 0 Å². The zero-order valence-corrected chi connectivity index (χ0v) is 8.90. The van der Waals surface area contributed by atoms with Crippen molar-refractivity contribution in [3.05, 3.63) is 24.2 Å². The molecule has 1 fully saturated rings. The molecule has 0 aliphatic carbocycles. The fourth-order valence-corrected chi connectivity index (χ4v) is 2.09. The molecular weight excluding hydrogens is 192 g/mol. The standard InChI is InChI=1S/C11H16N2O2/c1-12-8-9-4-2-6-13(9)11(14)10-5-3-7-15-10/h3,5,7,9,12H,2,4,6,8H2,1H3. The molecule has 1 aromatic rings. The van der Waals surface area contributed by atoms with E-state index in [1.54, 1.807) is 12.1 Å². The number of hydrogen-bond acceptors (Lipinski definition) is 3. The number of nitrogens with zero attached hydrogens (tertiary/aromatic N) is 1. The second-order valence-electron chi connectivity index (χ2n) is 3.83. The number of carbonyl (C=O) groups excluding carboxylic acids is 1. The molecule has 4 heteroatoms. The van der Waals surface area contributed by atoms with E-state index in [0.717, 1.165) is 25.9 Å². The lowest BCUT2D eigenvalue weighted by molar-refractivity contribution is 0.0705. The topological polar surface area (TPSA) is 45.5 Å². The van der Waals surface area contributed by atoms with Crippen LogP contribution in [-0.4, -0.2) is 37.0 Å². The zero-order chi connectivity index (χ0) is 10.7. The fraction of sp³-hybridized carbons (Fsp3) is 0.545. The Kier molecular flexibility index (Phi) is 3.06. The van der Waals surface area contributed by atoms with Crippen molar-refractivity contribution in [1.29, 1.82) is 0 Å². The number of likely N-dealkylation sites (tertiary alicyclic amines) is 1. The van der Waals surface area contributed by atoms with Crippen molar-refractivity contribution in [2.45, 2.75) is 18.9 Å². The van der Waals surface area contributed by atoms with Crippen molar-refractivity contribution in [3.8, 4) is 0 Å². The van der Waals surface area contributed by atoms with E-state index in [-0.39, 0.29) is 5.91 Å². The molecule has 1 aliphatic heterocycles. The summed E-state index contributed by atoms with van der Waals surface area (Å²) in [6.07, 6.45) is 3.70. The van der Waals surface area contributed by atoms with Crippen LogP contribution in [0.5, 0.6) is 0 Å². The molecule has 1 aromatic heterocycles. The molecule has 1 N–H and O–H groups in total. The van der Waals surface area contributed by atoms with Crippen LogP contribution < -0.4 is 5.32 Å². The van der Waals surface area contributed by atoms with E-state index < -0.39 is 0 Å². The Morgan fingerprint density at radius 3 is 3.27 bits per heavy atom. The van der Waals surface area contributed by atoms with E-state index in [4.69, 9.17) is 4.42 Å². The molecule has 0 saturated carbocycles. The molecule has 4 nitrogen and oxygen atoms in total. The van der Waals surface area contributed by atoms with Gasteiger partial charge in [0.25, 0.3) is 5.91 Å². The molecular formula is C11H16N2O2. The SMILES string of the molecule is CNCC1CCCN1C(=O)c1ccco1. The Balaban J connectivity index is 2.06. The molecule has 0 bridgehead atoms. The zero-order valence-electron chi connectivity index (χ0n) is 8.90. The summed E-state index contributed by atoms with van der Waals surface area (Å²) in [6, 6.07) is 3.78. The highest BCUT2D eigenvalue weighted by Crippen LogP contribution is 2.19. The molecule has 2 rings (SSSR count). The van der Waals surface area contributed by atoms with Crippen LogP contribution in [0.4, 0.5) is 0 Å². The average Bonchev–Trinajstić information content (AvgIpc) is 2.87. The summed E-state index contributed by atoms with van der Waals surface area (Å²) in [5, 5.41) is 3.12. The summed E-state index contributed by atoms with van der Waals surface area (Å²) in [5.41, 5.74) is 0. The number of hydrogen-bond donors (Lipinski definition) is 1. The molecule has 15 heavy (non-hydrogen) atoms. The van der Waals surface area contributed by atoms with E-state index in [1.807, 2.05) is 11.9 Å². The predicted octanol–water partition coefficient (Wildman–Crippen LogP) is 1.10. The van der Waals surface area contributed by atoms with Crippen LogP contribution in [0, 0.1) is 0 Å². The van der Waals surface area contributed by atoms with Gasteiger partial charge >= 0.3 is 0 Å². The van der Waals surface area contributed by atoms with E-state index in [0.29, 0.717) is 11.8 Å². The number of likely N-dealkylation sites (N-methyl/N-ethyl adjacent to an activating group) is 1. The first-order valence-electron chi connectivity index (χ1n) is 5.32. The minimum absolute atomic E-state index is 0.0118. The van der Waals surface area contributed by atoms with Gasteiger partial charge in [-0.2, -0.15) is 0 Å². The highest BCUT2D eigenvalue weighted by atomic mass is 16.3. The van der Waals surface area contributed by atoms with Gasteiger partial charge in [-0.05, 0) is 32.0 Å². The number of rotatable bonds is 3. The van der Waals surface area contributed by atoms with Crippen molar-refractivity contribution in [2.75, 3.05) is 20.1 Å². The maximum atomic E-state index is 12.0. The lowest BCUT2D eigenvalue weighted by Gasteiger charge is -2.23. The van der Waals surface area contributed by atoms with Crippen LogP contribution >= 0.6 is 0 Å². The summed E-state index contributed by atoms with van der Waals surface area (Å²) in [7, 11) is 1.91. The Morgan fingerprint density at radius 1 is 1.73 bits per heavy atom. The third-order valence-electron chi connectivity index (χ3n) is 2.81. The van der Waals surface area contributed by atoms with E-state index >= 15 is 0 Å². The van der Waals surface area contributed by atoms with Crippen LogP contribution in [0.1, 0.15) is 23.4 Å². The fourth-order valence-electron chi connectivity index (χ4n) is 2.09. The van der Waals surface area contributed by atoms with Gasteiger partial charge < -0.3 is 14.6 Å². The minimum Gasteiger partial charge on any atom is -0.459 e. The summed E-state index contributed by atoms with van der Waals surface area (Å²) in [4.78, 5) is 13.9.